The average molecular weight is 234 g/mol. The molecule has 1 N–H and O–H groups in total. The first kappa shape index (κ1) is 11.9. The second-order valence-electron chi connectivity index (χ2n) is 4.15. The highest BCUT2D eigenvalue weighted by atomic mass is 16.3. The van der Waals surface area contributed by atoms with Crippen molar-refractivity contribution in [2.75, 3.05) is 0 Å². The van der Waals surface area contributed by atoms with Gasteiger partial charge in [-0.15, -0.1) is 0 Å². The van der Waals surface area contributed by atoms with Crippen LogP contribution in [0.2, 0.25) is 0 Å². The zero-order chi connectivity index (χ0) is 12.3. The van der Waals surface area contributed by atoms with Gasteiger partial charge in [-0.05, 0) is 25.0 Å². The maximum absolute atomic E-state index is 10.1. The molecular weight excluding hydrogens is 216 g/mol. The Balaban J connectivity index is 1.98. The number of aryl methyl sites for hydroxylation is 3. The largest absolute Gasteiger partial charge is 0.469 e. The third kappa shape index (κ3) is 2.58. The maximum Gasteiger partial charge on any atom is 0.109 e. The molecule has 0 bridgehead atoms. The van der Waals surface area contributed by atoms with Gasteiger partial charge < -0.3 is 9.52 Å². The summed E-state index contributed by atoms with van der Waals surface area (Å²) in [7, 11) is 1.91. The van der Waals surface area contributed by atoms with Crippen LogP contribution in [0, 0.1) is 0 Å². The average Bonchev–Trinajstić information content (AvgIpc) is 2.94. The summed E-state index contributed by atoms with van der Waals surface area (Å²) in [6, 6.07) is 3.83. The van der Waals surface area contributed by atoms with Gasteiger partial charge in [0.05, 0.1) is 12.4 Å². The molecule has 92 valence electrons. The maximum atomic E-state index is 10.1. The number of nitrogens with zero attached hydrogens (tertiary/aromatic N) is 2. The predicted molar refractivity (Wildman–Crippen MR) is 64.6 cm³/mol. The fourth-order valence-electron chi connectivity index (χ4n) is 2.02. The van der Waals surface area contributed by atoms with Crippen molar-refractivity contribution in [2.45, 2.75) is 32.3 Å². The SMILES string of the molecule is CCc1occc1C(O)CCc1ccnn1C. The monoisotopic (exact) mass is 234 g/mol. The lowest BCUT2D eigenvalue weighted by molar-refractivity contribution is 0.164. The van der Waals surface area contributed by atoms with Crippen LogP contribution < -0.4 is 0 Å². The molecule has 2 rings (SSSR count). The first-order valence-corrected chi connectivity index (χ1v) is 5.93. The second-order valence-corrected chi connectivity index (χ2v) is 4.15. The number of rotatable bonds is 5. The summed E-state index contributed by atoms with van der Waals surface area (Å²) in [4.78, 5) is 0. The van der Waals surface area contributed by atoms with E-state index in [1.165, 1.54) is 0 Å². The minimum atomic E-state index is -0.460. The molecule has 4 nitrogen and oxygen atoms in total. The number of aliphatic hydroxyl groups is 1. The second kappa shape index (κ2) is 5.19. The Morgan fingerprint density at radius 2 is 2.29 bits per heavy atom. The first-order valence-electron chi connectivity index (χ1n) is 5.93. The van der Waals surface area contributed by atoms with Crippen molar-refractivity contribution in [3.63, 3.8) is 0 Å². The van der Waals surface area contributed by atoms with Gasteiger partial charge in [-0.2, -0.15) is 5.10 Å². The number of aromatic nitrogens is 2. The van der Waals surface area contributed by atoms with Crippen LogP contribution in [0.25, 0.3) is 0 Å². The minimum Gasteiger partial charge on any atom is -0.469 e. The Bertz CT molecular complexity index is 473. The van der Waals surface area contributed by atoms with Crippen LogP contribution in [-0.2, 0) is 19.9 Å². The molecule has 0 radical (unpaired) electrons. The topological polar surface area (TPSA) is 51.2 Å². The highest BCUT2D eigenvalue weighted by Crippen LogP contribution is 2.23. The van der Waals surface area contributed by atoms with E-state index in [0.29, 0.717) is 6.42 Å². The molecule has 2 heterocycles. The molecule has 0 saturated heterocycles. The molecule has 1 unspecified atom stereocenters. The summed E-state index contributed by atoms with van der Waals surface area (Å²) in [6.45, 7) is 2.02. The fourth-order valence-corrected chi connectivity index (χ4v) is 2.02. The van der Waals surface area contributed by atoms with Gasteiger partial charge in [-0.3, -0.25) is 4.68 Å². The van der Waals surface area contributed by atoms with E-state index in [2.05, 4.69) is 5.10 Å². The molecule has 1 atom stereocenters. The summed E-state index contributed by atoms with van der Waals surface area (Å²) in [5, 5.41) is 14.2. The molecule has 4 heteroatoms. The van der Waals surface area contributed by atoms with Crippen LogP contribution in [0.1, 0.15) is 36.5 Å². The van der Waals surface area contributed by atoms with E-state index in [0.717, 1.165) is 29.9 Å². The van der Waals surface area contributed by atoms with E-state index in [1.807, 2.05) is 30.8 Å². The quantitative estimate of drug-likeness (QED) is 0.863. The van der Waals surface area contributed by atoms with Gasteiger partial charge in [0.25, 0.3) is 0 Å². The molecule has 0 aliphatic rings. The number of furan rings is 1. The molecule has 0 aliphatic heterocycles. The Morgan fingerprint density at radius 1 is 1.47 bits per heavy atom. The van der Waals surface area contributed by atoms with Crippen molar-refractivity contribution in [1.82, 2.24) is 9.78 Å². The highest BCUT2D eigenvalue weighted by Gasteiger charge is 2.14. The molecular formula is C13H18N2O2. The van der Waals surface area contributed by atoms with Gasteiger partial charge >= 0.3 is 0 Å². The van der Waals surface area contributed by atoms with E-state index < -0.39 is 6.10 Å². The molecule has 0 amide bonds. The van der Waals surface area contributed by atoms with Crippen molar-refractivity contribution < 1.29 is 9.52 Å². The van der Waals surface area contributed by atoms with Crippen LogP contribution in [0.15, 0.2) is 29.0 Å². The Morgan fingerprint density at radius 3 is 2.94 bits per heavy atom. The van der Waals surface area contributed by atoms with E-state index in [-0.39, 0.29) is 0 Å². The van der Waals surface area contributed by atoms with E-state index in [9.17, 15) is 5.11 Å². The lowest BCUT2D eigenvalue weighted by Gasteiger charge is -2.10. The van der Waals surface area contributed by atoms with Crippen molar-refractivity contribution in [2.24, 2.45) is 7.05 Å². The summed E-state index contributed by atoms with van der Waals surface area (Å²) in [6.07, 6.45) is 5.26. The standard InChI is InChI=1S/C13H18N2O2/c1-3-13-11(7-9-17-13)12(16)5-4-10-6-8-14-15(10)2/h6-9,12,16H,3-5H2,1-2H3. The van der Waals surface area contributed by atoms with Crippen molar-refractivity contribution >= 4 is 0 Å². The van der Waals surface area contributed by atoms with Gasteiger partial charge in [-0.1, -0.05) is 6.92 Å². The highest BCUT2D eigenvalue weighted by molar-refractivity contribution is 5.20. The van der Waals surface area contributed by atoms with Crippen molar-refractivity contribution in [1.29, 1.82) is 0 Å². The zero-order valence-corrected chi connectivity index (χ0v) is 10.3. The molecule has 2 aromatic heterocycles. The molecule has 2 aromatic rings. The van der Waals surface area contributed by atoms with Gasteiger partial charge in [0, 0.05) is 30.9 Å². The van der Waals surface area contributed by atoms with E-state index >= 15 is 0 Å². The fraction of sp³-hybridized carbons (Fsp3) is 0.462. The Labute approximate surface area is 101 Å². The molecule has 0 fully saturated rings. The summed E-state index contributed by atoms with van der Waals surface area (Å²) >= 11 is 0. The Kier molecular flexibility index (Phi) is 3.64. The first-order chi connectivity index (χ1) is 8.22. The number of hydrogen-bond acceptors (Lipinski definition) is 3. The van der Waals surface area contributed by atoms with E-state index in [4.69, 9.17) is 4.42 Å². The molecule has 17 heavy (non-hydrogen) atoms. The van der Waals surface area contributed by atoms with Gasteiger partial charge in [0.2, 0.25) is 0 Å². The van der Waals surface area contributed by atoms with Gasteiger partial charge in [0.15, 0.2) is 0 Å². The summed E-state index contributed by atoms with van der Waals surface area (Å²) in [5.74, 6) is 0.877. The smallest absolute Gasteiger partial charge is 0.109 e. The number of hydrogen-bond donors (Lipinski definition) is 1. The molecule has 0 aromatic carbocycles. The predicted octanol–water partition coefficient (Wildman–Crippen LogP) is 2.24. The zero-order valence-electron chi connectivity index (χ0n) is 10.3. The normalized spacial score (nSPS) is 12.9. The van der Waals surface area contributed by atoms with Crippen molar-refractivity contribution in [3.05, 3.63) is 41.6 Å². The third-order valence-corrected chi connectivity index (χ3v) is 3.06. The molecule has 0 saturated carbocycles. The van der Waals surface area contributed by atoms with Crippen LogP contribution in [0.4, 0.5) is 0 Å². The lowest BCUT2D eigenvalue weighted by atomic mass is 10.0. The lowest BCUT2D eigenvalue weighted by Crippen LogP contribution is -2.04. The van der Waals surface area contributed by atoms with Crippen LogP contribution >= 0.6 is 0 Å². The molecule has 0 spiro atoms. The van der Waals surface area contributed by atoms with Crippen LogP contribution in [0.3, 0.4) is 0 Å². The van der Waals surface area contributed by atoms with Gasteiger partial charge in [-0.25, -0.2) is 0 Å². The minimum absolute atomic E-state index is 0.460. The van der Waals surface area contributed by atoms with E-state index in [1.54, 1.807) is 12.5 Å². The van der Waals surface area contributed by atoms with Crippen molar-refractivity contribution in [3.8, 4) is 0 Å². The van der Waals surface area contributed by atoms with Crippen LogP contribution in [0.5, 0.6) is 0 Å². The summed E-state index contributed by atoms with van der Waals surface area (Å²) in [5.41, 5.74) is 2.04. The Hall–Kier alpha value is -1.55. The number of aliphatic hydroxyl groups excluding tert-OH is 1. The molecule has 0 aliphatic carbocycles. The van der Waals surface area contributed by atoms with Crippen LogP contribution in [-0.4, -0.2) is 14.9 Å². The van der Waals surface area contributed by atoms with Gasteiger partial charge in [0.1, 0.15) is 5.76 Å². The third-order valence-electron chi connectivity index (χ3n) is 3.06. The summed E-state index contributed by atoms with van der Waals surface area (Å²) < 4.78 is 7.15.